The van der Waals surface area contributed by atoms with Crippen LogP contribution in [0.25, 0.3) is 0 Å². The first-order valence-corrected chi connectivity index (χ1v) is 9.21. The molecule has 9 heteroatoms. The van der Waals surface area contributed by atoms with E-state index in [1.54, 1.807) is 7.05 Å². The van der Waals surface area contributed by atoms with Crippen molar-refractivity contribution in [1.29, 1.82) is 0 Å². The van der Waals surface area contributed by atoms with E-state index < -0.39 is 12.2 Å². The summed E-state index contributed by atoms with van der Waals surface area (Å²) in [6, 6.07) is 8.96. The molecule has 0 spiro atoms. The van der Waals surface area contributed by atoms with E-state index in [2.05, 4.69) is 27.3 Å². The van der Waals surface area contributed by atoms with Crippen molar-refractivity contribution in [1.82, 2.24) is 20.0 Å². The molecule has 28 heavy (non-hydrogen) atoms. The summed E-state index contributed by atoms with van der Waals surface area (Å²) in [7, 11) is 5.76. The minimum atomic E-state index is -4.18. The molecule has 1 aromatic rings. The van der Waals surface area contributed by atoms with Gasteiger partial charge in [0.25, 0.3) is 0 Å². The number of guanidine groups is 1. The van der Waals surface area contributed by atoms with Crippen molar-refractivity contribution in [2.24, 2.45) is 4.99 Å². The molecule has 160 valence electrons. The van der Waals surface area contributed by atoms with Gasteiger partial charge in [-0.2, -0.15) is 13.2 Å². The Bertz CT molecular complexity index is 601. The fraction of sp³-hybridized carbons (Fsp3) is 0.632. The Hall–Kier alpha value is -1.07. The molecular formula is C19H31F3IN5. The van der Waals surface area contributed by atoms with Crippen LogP contribution in [0.5, 0.6) is 0 Å². The van der Waals surface area contributed by atoms with Gasteiger partial charge in [0.05, 0.1) is 6.04 Å². The van der Waals surface area contributed by atoms with Gasteiger partial charge in [0.2, 0.25) is 0 Å². The molecule has 0 bridgehead atoms. The SMILES string of the molecule is CN=C(NCC(c1ccccc1)N(C)C)N1CCN(C(C)C(F)(F)F)CC1.I. The predicted octanol–water partition coefficient (Wildman–Crippen LogP) is 3.05. The largest absolute Gasteiger partial charge is 0.403 e. The molecule has 1 heterocycles. The van der Waals surface area contributed by atoms with E-state index in [9.17, 15) is 13.2 Å². The third-order valence-electron chi connectivity index (χ3n) is 5.11. The molecule has 2 rings (SSSR count). The van der Waals surface area contributed by atoms with E-state index in [1.165, 1.54) is 17.4 Å². The van der Waals surface area contributed by atoms with Crippen molar-refractivity contribution in [2.45, 2.75) is 25.2 Å². The topological polar surface area (TPSA) is 34.1 Å². The van der Waals surface area contributed by atoms with Gasteiger partial charge in [0.1, 0.15) is 6.04 Å². The Morgan fingerprint density at radius 1 is 1.14 bits per heavy atom. The number of benzene rings is 1. The number of rotatable bonds is 5. The normalized spacial score (nSPS) is 18.6. The van der Waals surface area contributed by atoms with Crippen molar-refractivity contribution in [3.05, 3.63) is 35.9 Å². The highest BCUT2D eigenvalue weighted by atomic mass is 127. The lowest BCUT2D eigenvalue weighted by Crippen LogP contribution is -2.57. The summed E-state index contributed by atoms with van der Waals surface area (Å²) in [5, 5.41) is 3.39. The van der Waals surface area contributed by atoms with Gasteiger partial charge in [-0.05, 0) is 26.6 Å². The zero-order chi connectivity index (χ0) is 20.0. The Kier molecular flexibility index (Phi) is 9.99. The quantitative estimate of drug-likeness (QED) is 0.373. The van der Waals surface area contributed by atoms with E-state index >= 15 is 0 Å². The van der Waals surface area contributed by atoms with Gasteiger partial charge in [-0.3, -0.25) is 9.89 Å². The lowest BCUT2D eigenvalue weighted by molar-refractivity contribution is -0.181. The summed E-state index contributed by atoms with van der Waals surface area (Å²) in [6.07, 6.45) is -4.18. The van der Waals surface area contributed by atoms with E-state index in [4.69, 9.17) is 0 Å². The summed E-state index contributed by atoms with van der Waals surface area (Å²) >= 11 is 0. The van der Waals surface area contributed by atoms with Crippen LogP contribution in [0.3, 0.4) is 0 Å². The lowest BCUT2D eigenvalue weighted by atomic mass is 10.1. The molecule has 0 aliphatic carbocycles. The van der Waals surface area contributed by atoms with Gasteiger partial charge in [0, 0.05) is 39.8 Å². The highest BCUT2D eigenvalue weighted by molar-refractivity contribution is 14.0. The van der Waals surface area contributed by atoms with Crippen molar-refractivity contribution in [2.75, 3.05) is 53.9 Å². The zero-order valence-corrected chi connectivity index (χ0v) is 19.2. The van der Waals surface area contributed by atoms with Crippen LogP contribution in [-0.2, 0) is 0 Å². The molecule has 2 unspecified atom stereocenters. The van der Waals surface area contributed by atoms with E-state index in [0.29, 0.717) is 32.7 Å². The number of nitrogens with one attached hydrogen (secondary N) is 1. The van der Waals surface area contributed by atoms with Crippen LogP contribution in [0.1, 0.15) is 18.5 Å². The molecule has 0 amide bonds. The molecule has 1 saturated heterocycles. The first-order chi connectivity index (χ1) is 12.7. The second-order valence-electron chi connectivity index (χ2n) is 7.06. The van der Waals surface area contributed by atoms with Crippen LogP contribution in [-0.4, -0.2) is 86.7 Å². The number of likely N-dealkylation sites (N-methyl/N-ethyl adjacent to an activating group) is 1. The Morgan fingerprint density at radius 3 is 2.18 bits per heavy atom. The minimum absolute atomic E-state index is 0. The summed E-state index contributed by atoms with van der Waals surface area (Å²) in [5.74, 6) is 0.733. The van der Waals surface area contributed by atoms with Crippen molar-refractivity contribution >= 4 is 29.9 Å². The van der Waals surface area contributed by atoms with E-state index in [1.807, 2.05) is 37.2 Å². The van der Waals surface area contributed by atoms with E-state index in [0.717, 1.165) is 5.96 Å². The smallest absolute Gasteiger partial charge is 0.354 e. The Balaban J connectivity index is 0.00000392. The highest BCUT2D eigenvalue weighted by Gasteiger charge is 2.41. The molecule has 1 aliphatic rings. The summed E-state index contributed by atoms with van der Waals surface area (Å²) in [5.41, 5.74) is 1.20. The molecule has 0 saturated carbocycles. The van der Waals surface area contributed by atoms with Gasteiger partial charge >= 0.3 is 6.18 Å². The van der Waals surface area contributed by atoms with Gasteiger partial charge in [-0.15, -0.1) is 24.0 Å². The van der Waals surface area contributed by atoms with Crippen molar-refractivity contribution in [3.8, 4) is 0 Å². The Morgan fingerprint density at radius 2 is 1.71 bits per heavy atom. The monoisotopic (exact) mass is 513 g/mol. The summed E-state index contributed by atoms with van der Waals surface area (Å²) in [4.78, 5) is 9.97. The maximum absolute atomic E-state index is 12.9. The first-order valence-electron chi connectivity index (χ1n) is 9.21. The molecule has 2 atom stereocenters. The summed E-state index contributed by atoms with van der Waals surface area (Å²) in [6.45, 7) is 3.69. The van der Waals surface area contributed by atoms with Crippen LogP contribution in [0, 0.1) is 0 Å². The van der Waals surface area contributed by atoms with Gasteiger partial charge in [-0.1, -0.05) is 30.3 Å². The molecular weight excluding hydrogens is 482 g/mol. The maximum atomic E-state index is 12.9. The number of piperazine rings is 1. The number of hydrogen-bond acceptors (Lipinski definition) is 3. The number of alkyl halides is 3. The lowest BCUT2D eigenvalue weighted by Gasteiger charge is -2.40. The fourth-order valence-electron chi connectivity index (χ4n) is 3.32. The van der Waals surface area contributed by atoms with Gasteiger partial charge in [0.15, 0.2) is 5.96 Å². The van der Waals surface area contributed by atoms with Crippen molar-refractivity contribution in [3.63, 3.8) is 0 Å². The minimum Gasteiger partial charge on any atom is -0.354 e. The van der Waals surface area contributed by atoms with Crippen LogP contribution in [0.4, 0.5) is 13.2 Å². The third kappa shape index (κ3) is 6.77. The first kappa shape index (κ1) is 25.0. The van der Waals surface area contributed by atoms with Crippen LogP contribution in [0.15, 0.2) is 35.3 Å². The fourth-order valence-corrected chi connectivity index (χ4v) is 3.32. The number of nitrogens with zero attached hydrogens (tertiary/aromatic N) is 4. The molecule has 5 nitrogen and oxygen atoms in total. The molecule has 0 radical (unpaired) electrons. The summed E-state index contributed by atoms with van der Waals surface area (Å²) < 4.78 is 38.7. The maximum Gasteiger partial charge on any atom is 0.403 e. The van der Waals surface area contributed by atoms with Crippen molar-refractivity contribution < 1.29 is 13.2 Å². The highest BCUT2D eigenvalue weighted by Crippen LogP contribution is 2.25. The van der Waals surface area contributed by atoms with Gasteiger partial charge < -0.3 is 15.1 Å². The van der Waals surface area contributed by atoms with Crippen LogP contribution < -0.4 is 5.32 Å². The third-order valence-corrected chi connectivity index (χ3v) is 5.11. The molecule has 1 N–H and O–H groups in total. The average molecular weight is 513 g/mol. The Labute approximate surface area is 183 Å². The number of aliphatic imine (C=N–C) groups is 1. The zero-order valence-electron chi connectivity index (χ0n) is 16.9. The van der Waals surface area contributed by atoms with Crippen LogP contribution in [0.2, 0.25) is 0 Å². The van der Waals surface area contributed by atoms with Gasteiger partial charge in [-0.25, -0.2) is 0 Å². The number of halogens is 4. The standard InChI is InChI=1S/C19H30F3N5.HI/c1-15(19(20,21)22)26-10-12-27(13-11-26)18(23-2)24-14-17(25(3)4)16-8-6-5-7-9-16;/h5-9,15,17H,10-14H2,1-4H3,(H,23,24);1H. The van der Waals surface area contributed by atoms with Crippen LogP contribution >= 0.6 is 24.0 Å². The average Bonchev–Trinajstić information content (AvgIpc) is 2.64. The molecule has 1 fully saturated rings. The second kappa shape index (κ2) is 11.2. The predicted molar refractivity (Wildman–Crippen MR) is 118 cm³/mol. The molecule has 1 aromatic carbocycles. The number of hydrogen-bond donors (Lipinski definition) is 1. The van der Waals surface area contributed by atoms with E-state index in [-0.39, 0.29) is 30.0 Å². The molecule has 1 aliphatic heterocycles. The molecule has 0 aromatic heterocycles. The second-order valence-corrected chi connectivity index (χ2v) is 7.06.